The summed E-state index contributed by atoms with van der Waals surface area (Å²) in [5.41, 5.74) is 2.14. The van der Waals surface area contributed by atoms with Crippen LogP contribution in [0.5, 0.6) is 0 Å². The van der Waals surface area contributed by atoms with Crippen LogP contribution in [0.15, 0.2) is 42.5 Å². The lowest BCUT2D eigenvalue weighted by Crippen LogP contribution is -2.04. The summed E-state index contributed by atoms with van der Waals surface area (Å²) in [4.78, 5) is 10.9. The van der Waals surface area contributed by atoms with E-state index in [1.807, 2.05) is 49.4 Å². The van der Waals surface area contributed by atoms with Gasteiger partial charge in [-0.2, -0.15) is 5.10 Å². The molecule has 0 aliphatic carbocycles. The second-order valence-electron chi connectivity index (χ2n) is 4.17. The fourth-order valence-corrected chi connectivity index (χ4v) is 1.86. The number of rotatable bonds is 5. The predicted molar refractivity (Wildman–Crippen MR) is 74.0 cm³/mol. The molecule has 2 rings (SSSR count). The summed E-state index contributed by atoms with van der Waals surface area (Å²) in [6, 6.07) is 11.6. The van der Waals surface area contributed by atoms with Gasteiger partial charge < -0.3 is 5.11 Å². The number of nitrogens with zero attached hydrogens (tertiary/aromatic N) is 2. The average molecular weight is 256 g/mol. The maximum absolute atomic E-state index is 10.9. The Bertz CT molecular complexity index is 585. The van der Waals surface area contributed by atoms with Gasteiger partial charge in [-0.3, -0.25) is 4.68 Å². The number of carbonyl (C=O) groups is 1. The average Bonchev–Trinajstić information content (AvgIpc) is 2.83. The minimum atomic E-state index is -0.986. The number of hydrogen-bond acceptors (Lipinski definition) is 2. The van der Waals surface area contributed by atoms with E-state index in [9.17, 15) is 4.79 Å². The lowest BCUT2D eigenvalue weighted by atomic mass is 10.2. The van der Waals surface area contributed by atoms with Gasteiger partial charge in [0.25, 0.3) is 0 Å². The zero-order valence-corrected chi connectivity index (χ0v) is 10.8. The standard InChI is InChI=1S/C15H16N2O2/c1-2-13-11-14(15(18)19)16-17(13)10-6-9-12-7-4-3-5-8-12/h3-9,11H,2,10H2,1H3,(H,18,19)/b9-6+. The summed E-state index contributed by atoms with van der Waals surface area (Å²) in [6.45, 7) is 2.56. The predicted octanol–water partition coefficient (Wildman–Crippen LogP) is 2.86. The SMILES string of the molecule is CCc1cc(C(=O)O)nn1C/C=C/c1ccccc1. The van der Waals surface area contributed by atoms with Crippen LogP contribution < -0.4 is 0 Å². The van der Waals surface area contributed by atoms with Crippen molar-refractivity contribution in [3.05, 3.63) is 59.4 Å². The van der Waals surface area contributed by atoms with Gasteiger partial charge >= 0.3 is 5.97 Å². The molecular formula is C15H16N2O2. The molecule has 98 valence electrons. The van der Waals surface area contributed by atoms with Crippen molar-refractivity contribution in [2.24, 2.45) is 0 Å². The summed E-state index contributed by atoms with van der Waals surface area (Å²) in [5.74, 6) is -0.986. The van der Waals surface area contributed by atoms with Crippen molar-refractivity contribution in [2.45, 2.75) is 19.9 Å². The van der Waals surface area contributed by atoms with E-state index in [-0.39, 0.29) is 5.69 Å². The molecule has 4 nitrogen and oxygen atoms in total. The first kappa shape index (κ1) is 13.1. The van der Waals surface area contributed by atoms with Crippen LogP contribution in [0.4, 0.5) is 0 Å². The summed E-state index contributed by atoms with van der Waals surface area (Å²) < 4.78 is 1.73. The minimum Gasteiger partial charge on any atom is -0.476 e. The Balaban J connectivity index is 2.11. The monoisotopic (exact) mass is 256 g/mol. The molecular weight excluding hydrogens is 240 g/mol. The van der Waals surface area contributed by atoms with Gasteiger partial charge in [-0.1, -0.05) is 49.4 Å². The lowest BCUT2D eigenvalue weighted by molar-refractivity contribution is 0.0689. The Morgan fingerprint density at radius 2 is 2.11 bits per heavy atom. The quantitative estimate of drug-likeness (QED) is 0.895. The Morgan fingerprint density at radius 1 is 1.37 bits per heavy atom. The number of hydrogen-bond donors (Lipinski definition) is 1. The first-order chi connectivity index (χ1) is 9.20. The fraction of sp³-hybridized carbons (Fsp3) is 0.200. The normalized spacial score (nSPS) is 11.0. The van der Waals surface area contributed by atoms with Crippen LogP contribution in [0.1, 0.15) is 28.7 Å². The van der Waals surface area contributed by atoms with Gasteiger partial charge in [-0.15, -0.1) is 0 Å². The largest absolute Gasteiger partial charge is 0.476 e. The molecule has 1 aromatic carbocycles. The second-order valence-corrected chi connectivity index (χ2v) is 4.17. The van der Waals surface area contributed by atoms with E-state index >= 15 is 0 Å². The minimum absolute atomic E-state index is 0.102. The molecule has 0 saturated carbocycles. The molecule has 1 heterocycles. The maximum atomic E-state index is 10.9. The van der Waals surface area contributed by atoms with Crippen LogP contribution in [0.3, 0.4) is 0 Å². The van der Waals surface area contributed by atoms with Crippen molar-refractivity contribution in [3.8, 4) is 0 Å². The zero-order valence-electron chi connectivity index (χ0n) is 10.8. The molecule has 0 radical (unpaired) electrons. The molecule has 19 heavy (non-hydrogen) atoms. The number of aromatic nitrogens is 2. The number of aryl methyl sites for hydroxylation is 1. The highest BCUT2D eigenvalue weighted by atomic mass is 16.4. The molecule has 0 unspecified atom stereocenters. The van der Waals surface area contributed by atoms with Gasteiger partial charge in [-0.25, -0.2) is 4.79 Å². The highest BCUT2D eigenvalue weighted by Gasteiger charge is 2.10. The molecule has 0 aliphatic rings. The van der Waals surface area contributed by atoms with Gasteiger partial charge in [0.2, 0.25) is 0 Å². The van der Waals surface area contributed by atoms with Crippen LogP contribution in [-0.2, 0) is 13.0 Å². The highest BCUT2D eigenvalue weighted by molar-refractivity contribution is 5.85. The van der Waals surface area contributed by atoms with E-state index in [1.54, 1.807) is 10.7 Å². The molecule has 0 amide bonds. The van der Waals surface area contributed by atoms with E-state index in [2.05, 4.69) is 5.10 Å². The third kappa shape index (κ3) is 3.31. The topological polar surface area (TPSA) is 55.1 Å². The molecule has 0 aliphatic heterocycles. The molecule has 0 bridgehead atoms. The lowest BCUT2D eigenvalue weighted by Gasteiger charge is -2.01. The van der Waals surface area contributed by atoms with Gasteiger partial charge in [0.1, 0.15) is 0 Å². The summed E-state index contributed by atoms with van der Waals surface area (Å²) >= 11 is 0. The molecule has 1 aromatic heterocycles. The van der Waals surface area contributed by atoms with E-state index < -0.39 is 5.97 Å². The van der Waals surface area contributed by atoms with Crippen LogP contribution in [0.25, 0.3) is 6.08 Å². The number of carboxylic acids is 1. The Morgan fingerprint density at radius 3 is 2.74 bits per heavy atom. The number of allylic oxidation sites excluding steroid dienone is 1. The van der Waals surface area contributed by atoms with Gasteiger partial charge in [0.15, 0.2) is 5.69 Å². The number of aromatic carboxylic acids is 1. The molecule has 0 spiro atoms. The first-order valence-electron chi connectivity index (χ1n) is 6.22. The third-order valence-electron chi connectivity index (χ3n) is 2.83. The van der Waals surface area contributed by atoms with E-state index in [1.165, 1.54) is 0 Å². The van der Waals surface area contributed by atoms with Crippen molar-refractivity contribution >= 4 is 12.0 Å². The van der Waals surface area contributed by atoms with Crippen molar-refractivity contribution in [3.63, 3.8) is 0 Å². The van der Waals surface area contributed by atoms with Crippen molar-refractivity contribution in [2.75, 3.05) is 0 Å². The van der Waals surface area contributed by atoms with Crippen molar-refractivity contribution in [1.29, 1.82) is 0 Å². The molecule has 0 atom stereocenters. The molecule has 0 fully saturated rings. The fourth-order valence-electron chi connectivity index (χ4n) is 1.86. The number of benzene rings is 1. The van der Waals surface area contributed by atoms with E-state index in [0.717, 1.165) is 17.7 Å². The van der Waals surface area contributed by atoms with Crippen molar-refractivity contribution in [1.82, 2.24) is 9.78 Å². The molecule has 4 heteroatoms. The van der Waals surface area contributed by atoms with Crippen LogP contribution in [-0.4, -0.2) is 20.9 Å². The van der Waals surface area contributed by atoms with Crippen LogP contribution in [0, 0.1) is 0 Å². The van der Waals surface area contributed by atoms with Crippen LogP contribution >= 0.6 is 0 Å². The smallest absolute Gasteiger partial charge is 0.356 e. The zero-order chi connectivity index (χ0) is 13.7. The summed E-state index contributed by atoms with van der Waals surface area (Å²) in [6.07, 6.45) is 4.74. The first-order valence-corrected chi connectivity index (χ1v) is 6.22. The third-order valence-corrected chi connectivity index (χ3v) is 2.83. The van der Waals surface area contributed by atoms with Crippen LogP contribution in [0.2, 0.25) is 0 Å². The molecule has 2 aromatic rings. The van der Waals surface area contributed by atoms with Crippen molar-refractivity contribution < 1.29 is 9.90 Å². The maximum Gasteiger partial charge on any atom is 0.356 e. The Labute approximate surface area is 112 Å². The second kappa shape index (κ2) is 6.00. The summed E-state index contributed by atoms with van der Waals surface area (Å²) in [5, 5.41) is 13.0. The summed E-state index contributed by atoms with van der Waals surface area (Å²) in [7, 11) is 0. The number of carboxylic acid groups (broad SMARTS) is 1. The van der Waals surface area contributed by atoms with E-state index in [0.29, 0.717) is 6.54 Å². The highest BCUT2D eigenvalue weighted by Crippen LogP contribution is 2.07. The van der Waals surface area contributed by atoms with Gasteiger partial charge in [-0.05, 0) is 18.1 Å². The Kier molecular flexibility index (Phi) is 4.13. The van der Waals surface area contributed by atoms with Gasteiger partial charge in [0, 0.05) is 5.69 Å². The van der Waals surface area contributed by atoms with E-state index in [4.69, 9.17) is 5.11 Å². The Hall–Kier alpha value is -2.36. The molecule has 0 saturated heterocycles. The molecule has 1 N–H and O–H groups in total. The van der Waals surface area contributed by atoms with Gasteiger partial charge in [0.05, 0.1) is 6.54 Å².